The molecule has 1 aliphatic rings. The van der Waals surface area contributed by atoms with Gasteiger partial charge < -0.3 is 4.57 Å². The predicted octanol–water partition coefficient (Wildman–Crippen LogP) is 2.94. The van der Waals surface area contributed by atoms with Crippen LogP contribution in [0.5, 0.6) is 0 Å². The quantitative estimate of drug-likeness (QED) is 0.638. The maximum atomic E-state index is 11.2. The number of nitro benzene ring substituents is 1. The molecular weight excluding hydrogens is 302 g/mol. The second-order valence-electron chi connectivity index (χ2n) is 5.01. The van der Waals surface area contributed by atoms with Gasteiger partial charge in [0, 0.05) is 19.0 Å². The lowest BCUT2D eigenvalue weighted by Crippen LogP contribution is -2.02. The molecule has 0 atom stereocenters. The number of aryl methyl sites for hydroxylation is 1. The Morgan fingerprint density at radius 1 is 1.32 bits per heavy atom. The van der Waals surface area contributed by atoms with Gasteiger partial charge in [-0.2, -0.15) is 5.26 Å². The van der Waals surface area contributed by atoms with Gasteiger partial charge in [-0.15, -0.1) is 10.2 Å². The summed E-state index contributed by atoms with van der Waals surface area (Å²) in [5.74, 6) is 0.941. The van der Waals surface area contributed by atoms with Gasteiger partial charge in [0.2, 0.25) is 0 Å². The smallest absolute Gasteiger partial charge is 0.284 e. The first kappa shape index (κ1) is 14.5. The fourth-order valence-corrected chi connectivity index (χ4v) is 3.41. The van der Waals surface area contributed by atoms with Crippen LogP contribution in [0.4, 0.5) is 5.69 Å². The molecule has 1 aromatic carbocycles. The van der Waals surface area contributed by atoms with E-state index in [-0.39, 0.29) is 11.3 Å². The molecule has 7 nitrogen and oxygen atoms in total. The summed E-state index contributed by atoms with van der Waals surface area (Å²) in [4.78, 5) is 11.2. The molecule has 0 fully saturated rings. The van der Waals surface area contributed by atoms with Crippen molar-refractivity contribution in [3.63, 3.8) is 0 Å². The van der Waals surface area contributed by atoms with Gasteiger partial charge in [-0.1, -0.05) is 6.42 Å². The van der Waals surface area contributed by atoms with E-state index in [0.717, 1.165) is 38.1 Å². The number of benzene rings is 1. The first-order valence-electron chi connectivity index (χ1n) is 6.97. The Kier molecular flexibility index (Phi) is 4.06. The number of aromatic nitrogens is 3. The lowest BCUT2D eigenvalue weighted by Gasteiger charge is -2.06. The monoisotopic (exact) mass is 315 g/mol. The fraction of sp³-hybridized carbons (Fsp3) is 0.357. The molecule has 1 aromatic heterocycles. The average Bonchev–Trinajstić information content (AvgIpc) is 2.75. The van der Waals surface area contributed by atoms with E-state index in [0.29, 0.717) is 10.1 Å². The zero-order valence-electron chi connectivity index (χ0n) is 11.7. The van der Waals surface area contributed by atoms with Crippen molar-refractivity contribution in [1.82, 2.24) is 14.8 Å². The molecule has 0 bridgehead atoms. The van der Waals surface area contributed by atoms with E-state index in [4.69, 9.17) is 5.26 Å². The summed E-state index contributed by atoms with van der Waals surface area (Å²) in [6.07, 6.45) is 4.21. The van der Waals surface area contributed by atoms with Crippen LogP contribution < -0.4 is 0 Å². The number of nitriles is 1. The second kappa shape index (κ2) is 6.15. The highest BCUT2D eigenvalue weighted by atomic mass is 32.2. The maximum Gasteiger partial charge on any atom is 0.284 e. The molecule has 0 saturated heterocycles. The van der Waals surface area contributed by atoms with Gasteiger partial charge in [0.1, 0.15) is 5.82 Å². The molecule has 0 unspecified atom stereocenters. The van der Waals surface area contributed by atoms with Crippen molar-refractivity contribution in [2.24, 2.45) is 0 Å². The van der Waals surface area contributed by atoms with Gasteiger partial charge >= 0.3 is 0 Å². The molecule has 22 heavy (non-hydrogen) atoms. The minimum Gasteiger partial charge on any atom is -0.306 e. The Labute approximate surface area is 131 Å². The molecule has 2 heterocycles. The van der Waals surface area contributed by atoms with E-state index < -0.39 is 4.92 Å². The molecule has 0 N–H and O–H groups in total. The van der Waals surface area contributed by atoms with Crippen molar-refractivity contribution in [3.8, 4) is 6.07 Å². The minimum absolute atomic E-state index is 0.0741. The summed E-state index contributed by atoms with van der Waals surface area (Å²) in [5.41, 5.74) is 0.200. The molecule has 0 aliphatic carbocycles. The molecule has 0 saturated carbocycles. The Balaban J connectivity index is 1.95. The normalized spacial score (nSPS) is 14.0. The van der Waals surface area contributed by atoms with E-state index in [1.165, 1.54) is 17.8 Å². The molecule has 0 amide bonds. The molecular formula is C14H13N5O2S. The Morgan fingerprint density at radius 2 is 2.18 bits per heavy atom. The summed E-state index contributed by atoms with van der Waals surface area (Å²) < 4.78 is 2.04. The van der Waals surface area contributed by atoms with Crippen LogP contribution in [-0.2, 0) is 13.0 Å². The van der Waals surface area contributed by atoms with Crippen LogP contribution >= 0.6 is 11.8 Å². The zero-order valence-corrected chi connectivity index (χ0v) is 12.5. The molecule has 1 aliphatic heterocycles. The predicted molar refractivity (Wildman–Crippen MR) is 79.5 cm³/mol. The van der Waals surface area contributed by atoms with Crippen LogP contribution in [-0.4, -0.2) is 19.7 Å². The Hall–Kier alpha value is -2.40. The lowest BCUT2D eigenvalue weighted by atomic mass is 10.2. The molecule has 112 valence electrons. The van der Waals surface area contributed by atoms with Crippen LogP contribution in [0.15, 0.2) is 28.3 Å². The van der Waals surface area contributed by atoms with Gasteiger partial charge in [0.25, 0.3) is 5.69 Å². The summed E-state index contributed by atoms with van der Waals surface area (Å²) in [5, 5.41) is 29.1. The summed E-state index contributed by atoms with van der Waals surface area (Å²) >= 11 is 1.23. The minimum atomic E-state index is -0.469. The number of fused-ring (bicyclic) bond motifs is 1. The first-order valence-corrected chi connectivity index (χ1v) is 7.79. The Bertz CT molecular complexity index is 765. The molecule has 2 aromatic rings. The van der Waals surface area contributed by atoms with Crippen LogP contribution in [0.2, 0.25) is 0 Å². The van der Waals surface area contributed by atoms with Gasteiger partial charge in [0.05, 0.1) is 21.5 Å². The van der Waals surface area contributed by atoms with Crippen LogP contribution in [0.3, 0.4) is 0 Å². The molecule has 3 rings (SSSR count). The highest BCUT2D eigenvalue weighted by Crippen LogP contribution is 2.35. The zero-order chi connectivity index (χ0) is 15.5. The van der Waals surface area contributed by atoms with E-state index in [9.17, 15) is 10.1 Å². The number of rotatable bonds is 3. The van der Waals surface area contributed by atoms with Gasteiger partial charge in [-0.05, 0) is 36.7 Å². The molecule has 0 radical (unpaired) electrons. The van der Waals surface area contributed by atoms with Crippen molar-refractivity contribution in [2.75, 3.05) is 0 Å². The van der Waals surface area contributed by atoms with E-state index in [1.54, 1.807) is 12.1 Å². The van der Waals surface area contributed by atoms with Crippen molar-refractivity contribution in [1.29, 1.82) is 5.26 Å². The van der Waals surface area contributed by atoms with Gasteiger partial charge in [0.15, 0.2) is 5.16 Å². The fourth-order valence-electron chi connectivity index (χ4n) is 2.45. The second-order valence-corrected chi connectivity index (χ2v) is 6.02. The SMILES string of the molecule is N#Cc1ccc(Sc2nnc3n2CCCCC3)c([N+](=O)[O-])c1. The van der Waals surface area contributed by atoms with Crippen LogP contribution in [0.25, 0.3) is 0 Å². The summed E-state index contributed by atoms with van der Waals surface area (Å²) in [6.45, 7) is 0.842. The number of nitro groups is 1. The lowest BCUT2D eigenvalue weighted by molar-refractivity contribution is -0.387. The summed E-state index contributed by atoms with van der Waals surface area (Å²) in [7, 11) is 0. The average molecular weight is 315 g/mol. The van der Waals surface area contributed by atoms with Crippen molar-refractivity contribution < 1.29 is 4.92 Å². The van der Waals surface area contributed by atoms with Gasteiger partial charge in [-0.3, -0.25) is 10.1 Å². The van der Waals surface area contributed by atoms with Crippen molar-refractivity contribution >= 4 is 17.4 Å². The standard InChI is InChI=1S/C14H13N5O2S/c15-9-10-5-6-12(11(8-10)19(20)21)22-14-17-16-13-4-2-1-3-7-18(13)14/h5-6,8H,1-4,7H2. The highest BCUT2D eigenvalue weighted by molar-refractivity contribution is 7.99. The molecule has 8 heteroatoms. The van der Waals surface area contributed by atoms with Crippen LogP contribution in [0, 0.1) is 21.4 Å². The Morgan fingerprint density at radius 3 is 2.95 bits per heavy atom. The van der Waals surface area contributed by atoms with Gasteiger partial charge in [-0.25, -0.2) is 0 Å². The maximum absolute atomic E-state index is 11.2. The van der Waals surface area contributed by atoms with Crippen molar-refractivity contribution in [2.45, 2.75) is 42.3 Å². The third kappa shape index (κ3) is 2.80. The number of hydrogen-bond donors (Lipinski definition) is 0. The van der Waals surface area contributed by atoms with E-state index in [1.807, 2.05) is 10.6 Å². The summed E-state index contributed by atoms with van der Waals surface area (Å²) in [6, 6.07) is 6.39. The molecule has 0 spiro atoms. The largest absolute Gasteiger partial charge is 0.306 e. The third-order valence-corrected chi connectivity index (χ3v) is 4.61. The van der Waals surface area contributed by atoms with Crippen LogP contribution in [0.1, 0.15) is 30.7 Å². The van der Waals surface area contributed by atoms with Crippen molar-refractivity contribution in [3.05, 3.63) is 39.7 Å². The number of nitrogens with zero attached hydrogens (tertiary/aromatic N) is 5. The van der Waals surface area contributed by atoms with E-state index >= 15 is 0 Å². The first-order chi connectivity index (χ1) is 10.7. The third-order valence-electron chi connectivity index (χ3n) is 3.56. The van der Waals surface area contributed by atoms with E-state index in [2.05, 4.69) is 10.2 Å². The highest BCUT2D eigenvalue weighted by Gasteiger charge is 2.21. The number of hydrogen-bond acceptors (Lipinski definition) is 6. The topological polar surface area (TPSA) is 97.6 Å².